The average molecular weight is 245 g/mol. The summed E-state index contributed by atoms with van der Waals surface area (Å²) in [6, 6.07) is 5.88. The van der Waals surface area contributed by atoms with Crippen LogP contribution in [0.15, 0.2) is 24.5 Å². The number of ether oxygens (including phenoxy) is 2. The molecule has 94 valence electrons. The molecule has 0 radical (unpaired) electrons. The van der Waals surface area contributed by atoms with E-state index >= 15 is 0 Å². The Morgan fingerprint density at radius 1 is 1.22 bits per heavy atom. The molecule has 0 saturated heterocycles. The first-order chi connectivity index (χ1) is 8.88. The molecule has 0 atom stereocenters. The van der Waals surface area contributed by atoms with Gasteiger partial charge in [-0.2, -0.15) is 5.10 Å². The molecule has 3 rings (SSSR count). The van der Waals surface area contributed by atoms with E-state index in [4.69, 9.17) is 9.47 Å². The normalized spacial score (nSPS) is 13.6. The van der Waals surface area contributed by atoms with E-state index in [1.807, 2.05) is 22.9 Å². The second-order valence-electron chi connectivity index (χ2n) is 4.17. The zero-order valence-corrected chi connectivity index (χ0v) is 10.3. The monoisotopic (exact) mass is 245 g/mol. The maximum absolute atomic E-state index is 5.58. The van der Waals surface area contributed by atoms with Crippen molar-refractivity contribution in [3.05, 3.63) is 24.5 Å². The highest BCUT2D eigenvalue weighted by Crippen LogP contribution is 2.33. The molecule has 2 heterocycles. The number of aryl methyl sites for hydroxylation is 1. The van der Waals surface area contributed by atoms with Crippen molar-refractivity contribution < 1.29 is 9.47 Å². The van der Waals surface area contributed by atoms with Gasteiger partial charge in [0, 0.05) is 12.1 Å². The molecular weight excluding hydrogens is 230 g/mol. The van der Waals surface area contributed by atoms with E-state index in [-0.39, 0.29) is 0 Å². The van der Waals surface area contributed by atoms with E-state index in [0.717, 1.165) is 35.9 Å². The molecule has 0 fully saturated rings. The second-order valence-corrected chi connectivity index (χ2v) is 4.17. The van der Waals surface area contributed by atoms with Crippen LogP contribution in [0.1, 0.15) is 13.3 Å². The third kappa shape index (κ3) is 1.92. The van der Waals surface area contributed by atoms with Gasteiger partial charge < -0.3 is 9.47 Å². The van der Waals surface area contributed by atoms with E-state index in [2.05, 4.69) is 17.0 Å². The SMILES string of the molecule is CCCn1ncnc1-c1ccc2c(c1)OCCO2. The van der Waals surface area contributed by atoms with Crippen LogP contribution >= 0.6 is 0 Å². The molecule has 1 aliphatic rings. The van der Waals surface area contributed by atoms with Crippen molar-refractivity contribution in [3.8, 4) is 22.9 Å². The third-order valence-corrected chi connectivity index (χ3v) is 2.85. The summed E-state index contributed by atoms with van der Waals surface area (Å²) in [5.74, 6) is 2.45. The summed E-state index contributed by atoms with van der Waals surface area (Å²) >= 11 is 0. The van der Waals surface area contributed by atoms with E-state index in [1.165, 1.54) is 0 Å². The Morgan fingerprint density at radius 3 is 2.89 bits per heavy atom. The van der Waals surface area contributed by atoms with Crippen molar-refractivity contribution >= 4 is 0 Å². The Kier molecular flexibility index (Phi) is 2.88. The smallest absolute Gasteiger partial charge is 0.162 e. The summed E-state index contributed by atoms with van der Waals surface area (Å²) in [4.78, 5) is 4.31. The molecule has 18 heavy (non-hydrogen) atoms. The molecule has 0 N–H and O–H groups in total. The lowest BCUT2D eigenvalue weighted by molar-refractivity contribution is 0.171. The van der Waals surface area contributed by atoms with Crippen molar-refractivity contribution in [2.45, 2.75) is 19.9 Å². The number of hydrogen-bond acceptors (Lipinski definition) is 4. The van der Waals surface area contributed by atoms with E-state index in [1.54, 1.807) is 6.33 Å². The van der Waals surface area contributed by atoms with Crippen molar-refractivity contribution in [2.75, 3.05) is 13.2 Å². The molecule has 0 unspecified atom stereocenters. The molecular formula is C13H15N3O2. The van der Waals surface area contributed by atoms with E-state index < -0.39 is 0 Å². The van der Waals surface area contributed by atoms with Crippen molar-refractivity contribution in [1.82, 2.24) is 14.8 Å². The molecule has 0 aliphatic carbocycles. The van der Waals surface area contributed by atoms with Gasteiger partial charge in [-0.3, -0.25) is 0 Å². The summed E-state index contributed by atoms with van der Waals surface area (Å²) in [5.41, 5.74) is 1.00. The molecule has 0 bridgehead atoms. The Morgan fingerprint density at radius 2 is 2.06 bits per heavy atom. The fourth-order valence-corrected chi connectivity index (χ4v) is 2.05. The highest BCUT2D eigenvalue weighted by molar-refractivity contribution is 5.61. The van der Waals surface area contributed by atoms with Gasteiger partial charge in [-0.05, 0) is 24.6 Å². The minimum atomic E-state index is 0.595. The predicted molar refractivity (Wildman–Crippen MR) is 66.7 cm³/mol. The molecule has 1 aromatic heterocycles. The first-order valence-electron chi connectivity index (χ1n) is 6.16. The van der Waals surface area contributed by atoms with Gasteiger partial charge in [-0.25, -0.2) is 9.67 Å². The van der Waals surface area contributed by atoms with Crippen LogP contribution < -0.4 is 9.47 Å². The van der Waals surface area contributed by atoms with Crippen LogP contribution in [0, 0.1) is 0 Å². The molecule has 0 spiro atoms. The van der Waals surface area contributed by atoms with E-state index in [0.29, 0.717) is 13.2 Å². The van der Waals surface area contributed by atoms with Gasteiger partial charge in [0.2, 0.25) is 0 Å². The van der Waals surface area contributed by atoms with Gasteiger partial charge in [-0.1, -0.05) is 6.92 Å². The standard InChI is InChI=1S/C13H15N3O2/c1-2-5-16-13(14-9-15-16)10-3-4-11-12(8-10)18-7-6-17-11/h3-4,8-9H,2,5-7H2,1H3. The van der Waals surface area contributed by atoms with Crippen LogP contribution in [0.3, 0.4) is 0 Å². The van der Waals surface area contributed by atoms with Crippen LogP contribution in [-0.2, 0) is 6.54 Å². The zero-order chi connectivity index (χ0) is 12.4. The van der Waals surface area contributed by atoms with Crippen LogP contribution in [0.2, 0.25) is 0 Å². The van der Waals surface area contributed by atoms with Gasteiger partial charge in [0.1, 0.15) is 19.5 Å². The van der Waals surface area contributed by atoms with Gasteiger partial charge in [0.15, 0.2) is 17.3 Å². The third-order valence-electron chi connectivity index (χ3n) is 2.85. The maximum atomic E-state index is 5.58. The number of fused-ring (bicyclic) bond motifs is 1. The number of aromatic nitrogens is 3. The van der Waals surface area contributed by atoms with Crippen LogP contribution in [0.4, 0.5) is 0 Å². The summed E-state index contributed by atoms with van der Waals surface area (Å²) in [6.45, 7) is 4.19. The van der Waals surface area contributed by atoms with Crippen LogP contribution in [0.25, 0.3) is 11.4 Å². The Bertz CT molecular complexity index is 551. The zero-order valence-electron chi connectivity index (χ0n) is 10.3. The number of hydrogen-bond donors (Lipinski definition) is 0. The van der Waals surface area contributed by atoms with Gasteiger partial charge in [-0.15, -0.1) is 0 Å². The average Bonchev–Trinajstić information content (AvgIpc) is 2.87. The lowest BCUT2D eigenvalue weighted by Gasteiger charge is -2.18. The molecule has 5 heteroatoms. The fraction of sp³-hybridized carbons (Fsp3) is 0.385. The highest BCUT2D eigenvalue weighted by Gasteiger charge is 2.14. The Labute approximate surface area is 105 Å². The minimum absolute atomic E-state index is 0.595. The first kappa shape index (κ1) is 11.1. The summed E-state index contributed by atoms with van der Waals surface area (Å²) in [5, 5.41) is 4.23. The lowest BCUT2D eigenvalue weighted by atomic mass is 10.2. The Balaban J connectivity index is 1.98. The molecule has 1 aliphatic heterocycles. The number of nitrogens with zero attached hydrogens (tertiary/aromatic N) is 3. The maximum Gasteiger partial charge on any atom is 0.162 e. The number of rotatable bonds is 3. The molecule has 0 amide bonds. The first-order valence-corrected chi connectivity index (χ1v) is 6.16. The predicted octanol–water partition coefficient (Wildman–Crippen LogP) is 2.13. The van der Waals surface area contributed by atoms with E-state index in [9.17, 15) is 0 Å². The van der Waals surface area contributed by atoms with Crippen LogP contribution in [-0.4, -0.2) is 28.0 Å². The topological polar surface area (TPSA) is 49.2 Å². The highest BCUT2D eigenvalue weighted by atomic mass is 16.6. The van der Waals surface area contributed by atoms with Gasteiger partial charge >= 0.3 is 0 Å². The van der Waals surface area contributed by atoms with Crippen molar-refractivity contribution in [1.29, 1.82) is 0 Å². The van der Waals surface area contributed by atoms with Crippen molar-refractivity contribution in [2.24, 2.45) is 0 Å². The van der Waals surface area contributed by atoms with Gasteiger partial charge in [0.25, 0.3) is 0 Å². The largest absolute Gasteiger partial charge is 0.486 e. The quantitative estimate of drug-likeness (QED) is 0.831. The number of benzene rings is 1. The minimum Gasteiger partial charge on any atom is -0.486 e. The lowest BCUT2D eigenvalue weighted by Crippen LogP contribution is -2.15. The van der Waals surface area contributed by atoms with Crippen molar-refractivity contribution in [3.63, 3.8) is 0 Å². The molecule has 2 aromatic rings. The Hall–Kier alpha value is -2.04. The fourth-order valence-electron chi connectivity index (χ4n) is 2.05. The second kappa shape index (κ2) is 4.68. The molecule has 0 saturated carbocycles. The van der Waals surface area contributed by atoms with Crippen LogP contribution in [0.5, 0.6) is 11.5 Å². The summed E-state index contributed by atoms with van der Waals surface area (Å²) in [7, 11) is 0. The van der Waals surface area contributed by atoms with Gasteiger partial charge in [0.05, 0.1) is 0 Å². The summed E-state index contributed by atoms with van der Waals surface area (Å²) in [6.07, 6.45) is 2.61. The molecule has 1 aromatic carbocycles. The summed E-state index contributed by atoms with van der Waals surface area (Å²) < 4.78 is 13.0. The molecule has 5 nitrogen and oxygen atoms in total.